The van der Waals surface area contributed by atoms with Gasteiger partial charge in [0, 0.05) is 24.5 Å². The first-order valence-corrected chi connectivity index (χ1v) is 6.76. The van der Waals surface area contributed by atoms with Gasteiger partial charge in [-0.3, -0.25) is 0 Å². The maximum Gasteiger partial charge on any atom is 0.126 e. The van der Waals surface area contributed by atoms with Crippen LogP contribution in [0.15, 0.2) is 36.4 Å². The Kier molecular flexibility index (Phi) is 4.09. The lowest BCUT2D eigenvalue weighted by atomic mass is 10.0. The van der Waals surface area contributed by atoms with Crippen molar-refractivity contribution in [3.8, 4) is 0 Å². The fourth-order valence-corrected chi connectivity index (χ4v) is 2.31. The highest BCUT2D eigenvalue weighted by Crippen LogP contribution is 2.32. The van der Waals surface area contributed by atoms with Crippen LogP contribution in [0, 0.1) is 19.7 Å². The zero-order chi connectivity index (χ0) is 14.9. The Morgan fingerprint density at radius 1 is 1.15 bits per heavy atom. The van der Waals surface area contributed by atoms with Crippen LogP contribution in [-0.4, -0.2) is 7.05 Å². The molecule has 0 aliphatic rings. The van der Waals surface area contributed by atoms with Crippen molar-refractivity contribution in [3.05, 3.63) is 58.9 Å². The second-order valence-electron chi connectivity index (χ2n) is 5.35. The lowest BCUT2D eigenvalue weighted by Gasteiger charge is -2.25. The summed E-state index contributed by atoms with van der Waals surface area (Å²) in [5, 5.41) is 0. The zero-order valence-corrected chi connectivity index (χ0v) is 12.4. The summed E-state index contributed by atoms with van der Waals surface area (Å²) in [4.78, 5) is 2.05. The summed E-state index contributed by atoms with van der Waals surface area (Å²) >= 11 is 0. The van der Waals surface area contributed by atoms with Crippen molar-refractivity contribution in [3.63, 3.8) is 0 Å². The number of nitrogens with two attached hydrogens (primary N) is 1. The topological polar surface area (TPSA) is 29.3 Å². The van der Waals surface area contributed by atoms with E-state index in [-0.39, 0.29) is 11.9 Å². The Hall–Kier alpha value is -1.87. The van der Waals surface area contributed by atoms with E-state index in [2.05, 4.69) is 24.0 Å². The van der Waals surface area contributed by atoms with E-state index in [1.807, 2.05) is 32.2 Å². The lowest BCUT2D eigenvalue weighted by molar-refractivity contribution is 0.613. The summed E-state index contributed by atoms with van der Waals surface area (Å²) in [6.07, 6.45) is 0. The predicted molar refractivity (Wildman–Crippen MR) is 83.0 cm³/mol. The lowest BCUT2D eigenvalue weighted by Crippen LogP contribution is -2.16. The van der Waals surface area contributed by atoms with Crippen molar-refractivity contribution in [2.24, 2.45) is 5.73 Å². The highest BCUT2D eigenvalue weighted by Gasteiger charge is 2.15. The molecule has 2 rings (SSSR count). The third-order valence-corrected chi connectivity index (χ3v) is 3.55. The van der Waals surface area contributed by atoms with Gasteiger partial charge in [0.2, 0.25) is 0 Å². The van der Waals surface area contributed by atoms with E-state index in [9.17, 15) is 4.39 Å². The van der Waals surface area contributed by atoms with E-state index in [1.54, 1.807) is 13.0 Å². The van der Waals surface area contributed by atoms with E-state index in [1.165, 1.54) is 5.56 Å². The molecule has 0 aromatic heterocycles. The second-order valence-corrected chi connectivity index (χ2v) is 5.35. The molecular weight excluding hydrogens is 251 g/mol. The van der Waals surface area contributed by atoms with Crippen LogP contribution in [0.2, 0.25) is 0 Å². The van der Waals surface area contributed by atoms with Crippen LogP contribution in [0.1, 0.15) is 29.7 Å². The third kappa shape index (κ3) is 2.83. The Balaban J connectivity index is 2.53. The van der Waals surface area contributed by atoms with Gasteiger partial charge in [-0.2, -0.15) is 0 Å². The van der Waals surface area contributed by atoms with Gasteiger partial charge in [0.05, 0.1) is 0 Å². The number of hydrogen-bond donors (Lipinski definition) is 1. The minimum Gasteiger partial charge on any atom is -0.344 e. The number of hydrogen-bond acceptors (Lipinski definition) is 2. The van der Waals surface area contributed by atoms with Gasteiger partial charge >= 0.3 is 0 Å². The van der Waals surface area contributed by atoms with Crippen molar-refractivity contribution < 1.29 is 4.39 Å². The van der Waals surface area contributed by atoms with E-state index < -0.39 is 0 Å². The highest BCUT2D eigenvalue weighted by atomic mass is 19.1. The van der Waals surface area contributed by atoms with E-state index in [0.717, 1.165) is 16.9 Å². The molecule has 106 valence electrons. The number of anilines is 2. The molecule has 0 unspecified atom stereocenters. The van der Waals surface area contributed by atoms with Crippen LogP contribution in [0.5, 0.6) is 0 Å². The third-order valence-electron chi connectivity index (χ3n) is 3.55. The van der Waals surface area contributed by atoms with E-state index in [4.69, 9.17) is 5.73 Å². The van der Waals surface area contributed by atoms with Crippen LogP contribution in [0.4, 0.5) is 15.8 Å². The van der Waals surface area contributed by atoms with Gasteiger partial charge in [-0.25, -0.2) is 4.39 Å². The molecule has 0 saturated heterocycles. The standard InChI is InChI=1S/C17H21FN2/c1-11-6-5-7-14(8-11)20(4)17-9-12(2)16(18)10-15(17)13(3)19/h5-10,13H,19H2,1-4H3/t13-/m1/s1. The summed E-state index contributed by atoms with van der Waals surface area (Å²) in [5.74, 6) is -0.210. The molecule has 2 aromatic rings. The Bertz CT molecular complexity index is 620. The SMILES string of the molecule is Cc1cccc(N(C)c2cc(C)c(F)cc2[C@@H](C)N)c1. The first-order valence-electron chi connectivity index (χ1n) is 6.76. The number of aryl methyl sites for hydroxylation is 2. The molecule has 0 saturated carbocycles. The largest absolute Gasteiger partial charge is 0.344 e. The van der Waals surface area contributed by atoms with Crippen LogP contribution >= 0.6 is 0 Å². The minimum atomic E-state index is -0.215. The summed E-state index contributed by atoms with van der Waals surface area (Å²) in [6, 6.07) is 11.4. The number of nitrogens with zero attached hydrogens (tertiary/aromatic N) is 1. The molecule has 0 amide bonds. The molecule has 0 fully saturated rings. The molecule has 2 nitrogen and oxygen atoms in total. The number of rotatable bonds is 3. The first-order chi connectivity index (χ1) is 9.40. The van der Waals surface area contributed by atoms with Gasteiger partial charge in [-0.15, -0.1) is 0 Å². The van der Waals surface area contributed by atoms with Gasteiger partial charge in [0.1, 0.15) is 5.82 Å². The Morgan fingerprint density at radius 2 is 1.85 bits per heavy atom. The fourth-order valence-electron chi connectivity index (χ4n) is 2.31. The normalized spacial score (nSPS) is 12.3. The smallest absolute Gasteiger partial charge is 0.126 e. The predicted octanol–water partition coefficient (Wildman–Crippen LogP) is 4.23. The van der Waals surface area contributed by atoms with Gasteiger partial charge in [0.25, 0.3) is 0 Å². The van der Waals surface area contributed by atoms with Crippen molar-refractivity contribution >= 4 is 11.4 Å². The molecule has 1 atom stereocenters. The monoisotopic (exact) mass is 272 g/mol. The summed E-state index contributed by atoms with van der Waals surface area (Å²) in [7, 11) is 1.98. The van der Waals surface area contributed by atoms with Crippen molar-refractivity contribution in [1.82, 2.24) is 0 Å². The molecule has 0 bridgehead atoms. The van der Waals surface area contributed by atoms with Crippen molar-refractivity contribution in [1.29, 1.82) is 0 Å². The molecule has 2 aromatic carbocycles. The molecule has 3 heteroatoms. The van der Waals surface area contributed by atoms with Crippen LogP contribution in [-0.2, 0) is 0 Å². The van der Waals surface area contributed by atoms with Crippen LogP contribution in [0.25, 0.3) is 0 Å². The van der Waals surface area contributed by atoms with Crippen LogP contribution < -0.4 is 10.6 Å². The van der Waals surface area contributed by atoms with E-state index >= 15 is 0 Å². The van der Waals surface area contributed by atoms with Gasteiger partial charge in [-0.1, -0.05) is 12.1 Å². The quantitative estimate of drug-likeness (QED) is 0.906. The van der Waals surface area contributed by atoms with Crippen molar-refractivity contribution in [2.45, 2.75) is 26.8 Å². The minimum absolute atomic E-state index is 0.210. The van der Waals surface area contributed by atoms with Gasteiger partial charge in [-0.05, 0) is 61.7 Å². The highest BCUT2D eigenvalue weighted by molar-refractivity contribution is 5.67. The maximum absolute atomic E-state index is 13.8. The summed E-state index contributed by atoms with van der Waals surface area (Å²) in [6.45, 7) is 5.70. The molecule has 0 radical (unpaired) electrons. The first kappa shape index (κ1) is 14.5. The van der Waals surface area contributed by atoms with Crippen LogP contribution in [0.3, 0.4) is 0 Å². The summed E-state index contributed by atoms with van der Waals surface area (Å²) in [5.41, 5.74) is 10.6. The molecule has 2 N–H and O–H groups in total. The Morgan fingerprint density at radius 3 is 2.45 bits per heavy atom. The number of halogens is 1. The van der Waals surface area contributed by atoms with Crippen molar-refractivity contribution in [2.75, 3.05) is 11.9 Å². The average Bonchev–Trinajstić information content (AvgIpc) is 2.40. The molecule has 0 heterocycles. The van der Waals surface area contributed by atoms with Gasteiger partial charge in [0.15, 0.2) is 0 Å². The fraction of sp³-hybridized carbons (Fsp3) is 0.294. The average molecular weight is 272 g/mol. The molecular formula is C17H21FN2. The molecule has 0 aliphatic carbocycles. The number of benzene rings is 2. The Labute approximate surface area is 120 Å². The van der Waals surface area contributed by atoms with E-state index in [0.29, 0.717) is 5.56 Å². The summed E-state index contributed by atoms with van der Waals surface area (Å²) < 4.78 is 13.8. The zero-order valence-electron chi connectivity index (χ0n) is 12.4. The molecule has 20 heavy (non-hydrogen) atoms. The second kappa shape index (κ2) is 5.63. The maximum atomic E-state index is 13.8. The van der Waals surface area contributed by atoms with Gasteiger partial charge < -0.3 is 10.6 Å². The molecule has 0 aliphatic heterocycles. The molecule has 0 spiro atoms.